The number of fused-ring (bicyclic) bond motifs is 1. The minimum absolute atomic E-state index is 0.0112. The topological polar surface area (TPSA) is 118 Å². The van der Waals surface area contributed by atoms with Crippen molar-refractivity contribution in [2.75, 3.05) is 11.5 Å². The Bertz CT molecular complexity index is 1100. The Hall–Kier alpha value is -2.72. The van der Waals surface area contributed by atoms with Gasteiger partial charge in [-0.1, -0.05) is 12.1 Å². The van der Waals surface area contributed by atoms with E-state index < -0.39 is 27.6 Å². The molecule has 140 valence electrons. The van der Waals surface area contributed by atoms with Crippen LogP contribution in [0, 0.1) is 5.92 Å². The minimum atomic E-state index is -3.17. The highest BCUT2D eigenvalue weighted by Gasteiger charge is 2.33. The predicted octanol–water partition coefficient (Wildman–Crippen LogP) is 1.75. The molecule has 0 aliphatic carbocycles. The molecule has 1 aliphatic rings. The van der Waals surface area contributed by atoms with E-state index in [0.717, 1.165) is 10.2 Å². The van der Waals surface area contributed by atoms with Crippen molar-refractivity contribution in [2.45, 2.75) is 6.42 Å². The van der Waals surface area contributed by atoms with Gasteiger partial charge in [-0.3, -0.25) is 20.4 Å². The second kappa shape index (κ2) is 6.78. The maximum absolute atomic E-state index is 12.2. The zero-order valence-corrected chi connectivity index (χ0v) is 15.6. The summed E-state index contributed by atoms with van der Waals surface area (Å²) in [5, 5.41) is 0.649. The van der Waals surface area contributed by atoms with E-state index in [9.17, 15) is 18.0 Å². The van der Waals surface area contributed by atoms with Crippen LogP contribution in [-0.2, 0) is 14.6 Å². The van der Waals surface area contributed by atoms with Crippen molar-refractivity contribution >= 4 is 43.2 Å². The summed E-state index contributed by atoms with van der Waals surface area (Å²) in [5.41, 5.74) is 5.35. The van der Waals surface area contributed by atoms with Crippen LogP contribution in [0.3, 0.4) is 0 Å². The Balaban J connectivity index is 1.41. The number of carbonyl (C=O) groups is 2. The molecule has 27 heavy (non-hydrogen) atoms. The number of thiazole rings is 1. The van der Waals surface area contributed by atoms with Gasteiger partial charge in [0.15, 0.2) is 26.4 Å². The number of furan rings is 1. The lowest BCUT2D eigenvalue weighted by atomic mass is 10.1. The van der Waals surface area contributed by atoms with Crippen LogP contribution in [0.15, 0.2) is 40.8 Å². The van der Waals surface area contributed by atoms with Crippen LogP contribution in [0.25, 0.3) is 21.0 Å². The Morgan fingerprint density at radius 2 is 1.96 bits per heavy atom. The fourth-order valence-electron chi connectivity index (χ4n) is 2.84. The number of aromatic nitrogens is 1. The molecule has 2 aromatic heterocycles. The largest absolute Gasteiger partial charge is 0.448 e. The van der Waals surface area contributed by atoms with Crippen molar-refractivity contribution in [3.63, 3.8) is 0 Å². The third-order valence-corrected chi connectivity index (χ3v) is 7.06. The second-order valence-corrected chi connectivity index (χ2v) is 9.45. The fourth-order valence-corrected chi connectivity index (χ4v) is 5.51. The molecule has 1 saturated heterocycles. The van der Waals surface area contributed by atoms with Crippen LogP contribution in [-0.4, -0.2) is 36.7 Å². The molecular formula is C17H15N3O5S2. The zero-order chi connectivity index (χ0) is 19.0. The van der Waals surface area contributed by atoms with Gasteiger partial charge in [-0.15, -0.1) is 11.3 Å². The summed E-state index contributed by atoms with van der Waals surface area (Å²) in [6, 6.07) is 10.8. The average molecular weight is 405 g/mol. The molecule has 3 heterocycles. The molecular weight excluding hydrogens is 390 g/mol. The van der Waals surface area contributed by atoms with E-state index in [0.29, 0.717) is 10.8 Å². The normalized spacial score (nSPS) is 18.4. The van der Waals surface area contributed by atoms with Gasteiger partial charge < -0.3 is 4.42 Å². The Morgan fingerprint density at radius 3 is 2.70 bits per heavy atom. The first-order valence-corrected chi connectivity index (χ1v) is 10.8. The average Bonchev–Trinajstić information content (AvgIpc) is 3.36. The van der Waals surface area contributed by atoms with Crippen LogP contribution in [0.1, 0.15) is 17.0 Å². The van der Waals surface area contributed by atoms with Gasteiger partial charge >= 0.3 is 5.91 Å². The first kappa shape index (κ1) is 17.7. The summed E-state index contributed by atoms with van der Waals surface area (Å²) in [7, 11) is -3.17. The number of benzene rings is 1. The summed E-state index contributed by atoms with van der Waals surface area (Å²) in [4.78, 5) is 28.6. The second-order valence-electron chi connectivity index (χ2n) is 6.19. The number of nitrogens with zero attached hydrogens (tertiary/aromatic N) is 1. The first-order valence-electron chi connectivity index (χ1n) is 8.18. The SMILES string of the molecule is O=C(NNC(=O)[C@@H]1CCS(=O)(=O)C1)c1ccc(-c2nc3ccccc3s2)o1. The van der Waals surface area contributed by atoms with E-state index in [1.54, 1.807) is 6.07 Å². The van der Waals surface area contributed by atoms with Crippen LogP contribution in [0.5, 0.6) is 0 Å². The van der Waals surface area contributed by atoms with Gasteiger partial charge in [0.1, 0.15) is 0 Å². The number of rotatable bonds is 3. The van der Waals surface area contributed by atoms with E-state index in [-0.39, 0.29) is 23.7 Å². The molecule has 3 aromatic rings. The number of carbonyl (C=O) groups excluding carboxylic acids is 2. The molecule has 1 atom stereocenters. The van der Waals surface area contributed by atoms with Crippen LogP contribution < -0.4 is 10.9 Å². The predicted molar refractivity (Wildman–Crippen MR) is 99.7 cm³/mol. The molecule has 0 spiro atoms. The van der Waals surface area contributed by atoms with Crippen LogP contribution >= 0.6 is 11.3 Å². The molecule has 0 bridgehead atoms. The third-order valence-electron chi connectivity index (χ3n) is 4.24. The molecule has 1 aliphatic heterocycles. The third kappa shape index (κ3) is 3.71. The van der Waals surface area contributed by atoms with E-state index in [1.807, 2.05) is 24.3 Å². The number of hydrogen-bond donors (Lipinski definition) is 2. The quantitative estimate of drug-likeness (QED) is 0.641. The Labute approximate surface area is 158 Å². The number of hydrogen-bond acceptors (Lipinski definition) is 7. The molecule has 0 unspecified atom stereocenters. The van der Waals surface area contributed by atoms with E-state index in [1.165, 1.54) is 17.4 Å². The van der Waals surface area contributed by atoms with Crippen molar-refractivity contribution in [2.24, 2.45) is 5.92 Å². The van der Waals surface area contributed by atoms with E-state index >= 15 is 0 Å². The molecule has 1 aromatic carbocycles. The number of amides is 2. The van der Waals surface area contributed by atoms with Gasteiger partial charge in [0.05, 0.1) is 27.6 Å². The van der Waals surface area contributed by atoms with Crippen molar-refractivity contribution in [1.29, 1.82) is 0 Å². The standard InChI is InChI=1S/C17H15N3O5S2/c21-15(10-7-8-27(23,24)9-10)19-20-16(22)12-5-6-13(25-12)17-18-11-3-1-2-4-14(11)26-17/h1-6,10H,7-9H2,(H,19,21)(H,20,22)/t10-/m1/s1. The van der Waals surface area contributed by atoms with E-state index in [4.69, 9.17) is 4.42 Å². The molecule has 0 radical (unpaired) electrons. The highest BCUT2D eigenvalue weighted by atomic mass is 32.2. The van der Waals surface area contributed by atoms with Gasteiger partial charge in [-0.2, -0.15) is 0 Å². The van der Waals surface area contributed by atoms with Gasteiger partial charge in [-0.25, -0.2) is 13.4 Å². The number of hydrazine groups is 1. The molecule has 4 rings (SSSR count). The lowest BCUT2D eigenvalue weighted by Crippen LogP contribution is -2.44. The van der Waals surface area contributed by atoms with Crippen molar-refractivity contribution in [3.8, 4) is 10.8 Å². The lowest BCUT2D eigenvalue weighted by Gasteiger charge is -2.09. The van der Waals surface area contributed by atoms with Crippen LogP contribution in [0.4, 0.5) is 0 Å². The Morgan fingerprint density at radius 1 is 1.15 bits per heavy atom. The highest BCUT2D eigenvalue weighted by molar-refractivity contribution is 7.91. The Kier molecular flexibility index (Phi) is 4.44. The summed E-state index contributed by atoms with van der Waals surface area (Å²) < 4.78 is 29.4. The molecule has 1 fully saturated rings. The maximum atomic E-state index is 12.2. The number of nitrogens with one attached hydrogen (secondary N) is 2. The zero-order valence-electron chi connectivity index (χ0n) is 14.0. The molecule has 0 saturated carbocycles. The highest BCUT2D eigenvalue weighted by Crippen LogP contribution is 2.31. The van der Waals surface area contributed by atoms with Gasteiger partial charge in [0, 0.05) is 0 Å². The molecule has 10 heteroatoms. The summed E-state index contributed by atoms with van der Waals surface area (Å²) >= 11 is 1.45. The number of para-hydroxylation sites is 1. The first-order chi connectivity index (χ1) is 12.9. The minimum Gasteiger partial charge on any atom is -0.448 e. The summed E-state index contributed by atoms with van der Waals surface area (Å²) in [5.74, 6) is -1.54. The fraction of sp³-hybridized carbons (Fsp3) is 0.235. The summed E-state index contributed by atoms with van der Waals surface area (Å²) in [6.45, 7) is 0. The van der Waals surface area contributed by atoms with Gasteiger partial charge in [-0.05, 0) is 30.7 Å². The van der Waals surface area contributed by atoms with Crippen molar-refractivity contribution < 1.29 is 22.4 Å². The smallest absolute Gasteiger partial charge is 0.305 e. The molecule has 8 nitrogen and oxygen atoms in total. The van der Waals surface area contributed by atoms with Gasteiger partial charge in [0.2, 0.25) is 5.91 Å². The van der Waals surface area contributed by atoms with E-state index in [2.05, 4.69) is 15.8 Å². The van der Waals surface area contributed by atoms with Crippen LogP contribution in [0.2, 0.25) is 0 Å². The molecule has 2 amide bonds. The molecule has 2 N–H and O–H groups in total. The monoisotopic (exact) mass is 405 g/mol. The maximum Gasteiger partial charge on any atom is 0.305 e. The summed E-state index contributed by atoms with van der Waals surface area (Å²) in [6.07, 6.45) is 0.256. The van der Waals surface area contributed by atoms with Crippen molar-refractivity contribution in [1.82, 2.24) is 15.8 Å². The number of sulfone groups is 1. The van der Waals surface area contributed by atoms with Gasteiger partial charge in [0.25, 0.3) is 0 Å². The van der Waals surface area contributed by atoms with Crippen molar-refractivity contribution in [3.05, 3.63) is 42.2 Å². The lowest BCUT2D eigenvalue weighted by molar-refractivity contribution is -0.125.